The van der Waals surface area contributed by atoms with Gasteiger partial charge in [0.15, 0.2) is 0 Å². The first-order valence-corrected chi connectivity index (χ1v) is 6.80. The van der Waals surface area contributed by atoms with E-state index in [1.165, 1.54) is 38.9 Å². The summed E-state index contributed by atoms with van der Waals surface area (Å²) >= 11 is 0. The number of rotatable bonds is 7. The van der Waals surface area contributed by atoms with Crippen molar-refractivity contribution in [2.75, 3.05) is 39.9 Å². The molecule has 2 unspecified atom stereocenters. The van der Waals surface area contributed by atoms with Crippen molar-refractivity contribution in [3.63, 3.8) is 0 Å². The van der Waals surface area contributed by atoms with Gasteiger partial charge in [-0.15, -0.1) is 0 Å². The van der Waals surface area contributed by atoms with Gasteiger partial charge in [-0.1, -0.05) is 6.92 Å². The zero-order chi connectivity index (χ0) is 11.4. The molecule has 0 aromatic heterocycles. The average molecular weight is 226 g/mol. The van der Waals surface area contributed by atoms with E-state index in [4.69, 9.17) is 4.74 Å². The molecule has 2 fully saturated rings. The summed E-state index contributed by atoms with van der Waals surface area (Å²) in [5.41, 5.74) is 0. The monoisotopic (exact) mass is 226 g/mol. The number of ether oxygens (including phenoxy) is 1. The molecular formula is C13H26N2O. The molecule has 3 nitrogen and oxygen atoms in total. The van der Waals surface area contributed by atoms with Crippen molar-refractivity contribution >= 4 is 0 Å². The molecule has 3 heteroatoms. The van der Waals surface area contributed by atoms with Crippen molar-refractivity contribution in [3.05, 3.63) is 0 Å². The minimum atomic E-state index is 0.612. The Morgan fingerprint density at radius 1 is 1.38 bits per heavy atom. The summed E-state index contributed by atoms with van der Waals surface area (Å²) in [4.78, 5) is 2.61. The number of likely N-dealkylation sites (N-methyl/N-ethyl adjacent to an activating group) is 2. The molecule has 0 bridgehead atoms. The molecule has 16 heavy (non-hydrogen) atoms. The fraction of sp³-hybridized carbons (Fsp3) is 1.00. The molecule has 2 aliphatic rings. The van der Waals surface area contributed by atoms with Crippen LogP contribution in [-0.4, -0.2) is 50.8 Å². The summed E-state index contributed by atoms with van der Waals surface area (Å²) < 4.78 is 5.49. The molecule has 1 saturated carbocycles. The Hall–Kier alpha value is -0.120. The third-order valence-electron chi connectivity index (χ3n) is 4.02. The normalized spacial score (nSPS) is 27.6. The second kappa shape index (κ2) is 5.99. The van der Waals surface area contributed by atoms with E-state index in [1.807, 2.05) is 0 Å². The number of hydrogen-bond donors (Lipinski definition) is 1. The summed E-state index contributed by atoms with van der Waals surface area (Å²) in [6.07, 6.45) is 4.13. The standard InChI is InChI=1S/C13H26N2O/c1-3-15(8-11-4-5-11)9-13(14-2)12-6-7-16-10-12/h11-14H,3-10H2,1-2H3. The number of hydrogen-bond acceptors (Lipinski definition) is 3. The van der Waals surface area contributed by atoms with Crippen molar-refractivity contribution in [2.45, 2.75) is 32.2 Å². The van der Waals surface area contributed by atoms with Crippen LogP contribution in [0.1, 0.15) is 26.2 Å². The first-order chi connectivity index (χ1) is 7.83. The van der Waals surface area contributed by atoms with E-state index in [0.29, 0.717) is 6.04 Å². The molecule has 0 aromatic carbocycles. The zero-order valence-corrected chi connectivity index (χ0v) is 10.7. The van der Waals surface area contributed by atoms with Gasteiger partial charge in [-0.2, -0.15) is 0 Å². The van der Waals surface area contributed by atoms with Crippen molar-refractivity contribution in [2.24, 2.45) is 11.8 Å². The molecular weight excluding hydrogens is 200 g/mol. The van der Waals surface area contributed by atoms with E-state index >= 15 is 0 Å². The first kappa shape index (κ1) is 12.3. The van der Waals surface area contributed by atoms with E-state index in [-0.39, 0.29) is 0 Å². The maximum absolute atomic E-state index is 5.49. The highest BCUT2D eigenvalue weighted by Gasteiger charge is 2.28. The molecule has 94 valence electrons. The van der Waals surface area contributed by atoms with Crippen LogP contribution in [0, 0.1) is 11.8 Å². The summed E-state index contributed by atoms with van der Waals surface area (Å²) in [7, 11) is 2.09. The van der Waals surface area contributed by atoms with Crippen LogP contribution in [0.4, 0.5) is 0 Å². The lowest BCUT2D eigenvalue weighted by molar-refractivity contribution is 0.163. The van der Waals surface area contributed by atoms with Gasteiger partial charge in [-0.05, 0) is 38.8 Å². The maximum atomic E-state index is 5.49. The molecule has 0 radical (unpaired) electrons. The van der Waals surface area contributed by atoms with Crippen molar-refractivity contribution < 1.29 is 4.74 Å². The van der Waals surface area contributed by atoms with Crippen LogP contribution < -0.4 is 5.32 Å². The van der Waals surface area contributed by atoms with Gasteiger partial charge in [-0.25, -0.2) is 0 Å². The van der Waals surface area contributed by atoms with Gasteiger partial charge in [0.05, 0.1) is 6.61 Å². The van der Waals surface area contributed by atoms with Gasteiger partial charge < -0.3 is 15.0 Å². The summed E-state index contributed by atoms with van der Waals surface area (Å²) in [5.74, 6) is 1.72. The third kappa shape index (κ3) is 3.44. The minimum absolute atomic E-state index is 0.612. The quantitative estimate of drug-likeness (QED) is 0.709. The predicted octanol–water partition coefficient (Wildman–Crippen LogP) is 1.34. The van der Waals surface area contributed by atoms with Crippen LogP contribution in [0.2, 0.25) is 0 Å². The Kier molecular flexibility index (Phi) is 4.62. The molecule has 1 aliphatic carbocycles. The molecule has 1 aliphatic heterocycles. The SMILES string of the molecule is CCN(CC1CC1)CC(NC)C1CCOC1. The fourth-order valence-electron chi connectivity index (χ4n) is 2.62. The Morgan fingerprint density at radius 3 is 2.69 bits per heavy atom. The lowest BCUT2D eigenvalue weighted by atomic mass is 9.98. The minimum Gasteiger partial charge on any atom is -0.381 e. The smallest absolute Gasteiger partial charge is 0.0510 e. The molecule has 0 aromatic rings. The van der Waals surface area contributed by atoms with Gasteiger partial charge >= 0.3 is 0 Å². The summed E-state index contributed by atoms with van der Waals surface area (Å²) in [5, 5.41) is 3.48. The zero-order valence-electron chi connectivity index (χ0n) is 10.7. The molecule has 0 amide bonds. The Labute approximate surface area is 99.5 Å². The summed E-state index contributed by atoms with van der Waals surface area (Å²) in [6.45, 7) is 7.87. The van der Waals surface area contributed by atoms with Crippen LogP contribution in [0.5, 0.6) is 0 Å². The summed E-state index contributed by atoms with van der Waals surface area (Å²) in [6, 6.07) is 0.612. The van der Waals surface area contributed by atoms with Crippen LogP contribution in [0.3, 0.4) is 0 Å². The fourth-order valence-corrected chi connectivity index (χ4v) is 2.62. The highest BCUT2D eigenvalue weighted by Crippen LogP contribution is 2.30. The van der Waals surface area contributed by atoms with E-state index in [2.05, 4.69) is 24.2 Å². The largest absolute Gasteiger partial charge is 0.381 e. The molecule has 2 atom stereocenters. The predicted molar refractivity (Wildman–Crippen MR) is 66.6 cm³/mol. The van der Waals surface area contributed by atoms with Crippen LogP contribution in [-0.2, 0) is 4.74 Å². The van der Waals surface area contributed by atoms with E-state index < -0.39 is 0 Å². The van der Waals surface area contributed by atoms with Crippen LogP contribution >= 0.6 is 0 Å². The lowest BCUT2D eigenvalue weighted by Gasteiger charge is -2.29. The third-order valence-corrected chi connectivity index (χ3v) is 4.02. The van der Waals surface area contributed by atoms with Crippen LogP contribution in [0.15, 0.2) is 0 Å². The highest BCUT2D eigenvalue weighted by atomic mass is 16.5. The van der Waals surface area contributed by atoms with Crippen molar-refractivity contribution in [1.82, 2.24) is 10.2 Å². The average Bonchev–Trinajstić information content (AvgIpc) is 2.95. The van der Waals surface area contributed by atoms with Gasteiger partial charge in [-0.3, -0.25) is 0 Å². The first-order valence-electron chi connectivity index (χ1n) is 6.80. The van der Waals surface area contributed by atoms with Gasteiger partial charge in [0.1, 0.15) is 0 Å². The topological polar surface area (TPSA) is 24.5 Å². The van der Waals surface area contributed by atoms with Crippen molar-refractivity contribution in [1.29, 1.82) is 0 Å². The maximum Gasteiger partial charge on any atom is 0.0510 e. The molecule has 1 N–H and O–H groups in total. The molecule has 2 rings (SSSR count). The molecule has 0 spiro atoms. The van der Waals surface area contributed by atoms with Gasteiger partial charge in [0, 0.05) is 31.7 Å². The Bertz CT molecular complexity index is 200. The van der Waals surface area contributed by atoms with E-state index in [1.54, 1.807) is 0 Å². The lowest BCUT2D eigenvalue weighted by Crippen LogP contribution is -2.45. The highest BCUT2D eigenvalue weighted by molar-refractivity contribution is 4.83. The second-order valence-electron chi connectivity index (χ2n) is 5.31. The van der Waals surface area contributed by atoms with E-state index in [0.717, 1.165) is 25.0 Å². The molecule has 1 heterocycles. The number of nitrogens with one attached hydrogen (secondary N) is 1. The van der Waals surface area contributed by atoms with Gasteiger partial charge in [0.25, 0.3) is 0 Å². The van der Waals surface area contributed by atoms with E-state index in [9.17, 15) is 0 Å². The van der Waals surface area contributed by atoms with Crippen molar-refractivity contribution in [3.8, 4) is 0 Å². The van der Waals surface area contributed by atoms with Crippen LogP contribution in [0.25, 0.3) is 0 Å². The Balaban J connectivity index is 1.77. The Morgan fingerprint density at radius 2 is 2.19 bits per heavy atom. The second-order valence-corrected chi connectivity index (χ2v) is 5.31. The number of nitrogens with zero attached hydrogens (tertiary/aromatic N) is 1. The van der Waals surface area contributed by atoms with Gasteiger partial charge in [0.2, 0.25) is 0 Å². The molecule has 1 saturated heterocycles.